The molecule has 3 rings (SSSR count). The third kappa shape index (κ3) is 6.28. The molecule has 2 aromatic rings. The second-order valence-electron chi connectivity index (χ2n) is 8.57. The van der Waals surface area contributed by atoms with Crippen molar-refractivity contribution >= 4 is 23.4 Å². The molecule has 5 N–H and O–H groups in total. The number of anilines is 1. The molecule has 0 radical (unpaired) electrons. The summed E-state index contributed by atoms with van der Waals surface area (Å²) in [4.78, 5) is 39.5. The summed E-state index contributed by atoms with van der Waals surface area (Å²) in [5.74, 6) is -0.279. The molecule has 1 aliphatic heterocycles. The van der Waals surface area contributed by atoms with Gasteiger partial charge in [0.25, 0.3) is 5.91 Å². The van der Waals surface area contributed by atoms with Crippen LogP contribution in [-0.2, 0) is 27.3 Å². The first kappa shape index (κ1) is 26.0. The molecule has 10 heteroatoms. The molecule has 0 aliphatic carbocycles. The lowest BCUT2D eigenvalue weighted by atomic mass is 9.91. The van der Waals surface area contributed by atoms with E-state index in [0.717, 1.165) is 17.5 Å². The van der Waals surface area contributed by atoms with Gasteiger partial charge in [-0.15, -0.1) is 0 Å². The van der Waals surface area contributed by atoms with E-state index in [2.05, 4.69) is 5.32 Å². The number of nitrogens with two attached hydrogens (primary N) is 1. The number of hydroxylamine groups is 1. The number of methoxy groups -OCH3 is 1. The summed E-state index contributed by atoms with van der Waals surface area (Å²) in [6.45, 7) is 3.68. The molecule has 1 heterocycles. The zero-order chi connectivity index (χ0) is 25.5. The van der Waals surface area contributed by atoms with Crippen LogP contribution in [0.15, 0.2) is 42.5 Å². The summed E-state index contributed by atoms with van der Waals surface area (Å²) >= 11 is 0. The Morgan fingerprint density at radius 3 is 2.46 bits per heavy atom. The zero-order valence-corrected chi connectivity index (χ0v) is 20.1. The lowest BCUT2D eigenvalue weighted by Crippen LogP contribution is -2.56. The Kier molecular flexibility index (Phi) is 8.67. The van der Waals surface area contributed by atoms with E-state index in [0.29, 0.717) is 23.6 Å². The van der Waals surface area contributed by atoms with E-state index in [9.17, 15) is 14.4 Å². The Morgan fingerprint density at radius 2 is 1.83 bits per heavy atom. The van der Waals surface area contributed by atoms with Crippen molar-refractivity contribution in [3.8, 4) is 11.5 Å². The molecule has 0 fully saturated rings. The fourth-order valence-corrected chi connectivity index (χ4v) is 3.89. The molecule has 35 heavy (non-hydrogen) atoms. The van der Waals surface area contributed by atoms with E-state index in [1.807, 2.05) is 19.9 Å². The van der Waals surface area contributed by atoms with Crippen LogP contribution in [0.4, 0.5) is 5.69 Å². The summed E-state index contributed by atoms with van der Waals surface area (Å²) < 4.78 is 10.6. The molecule has 3 atom stereocenters. The second-order valence-corrected chi connectivity index (χ2v) is 8.57. The normalized spacial score (nSPS) is 16.5. The Balaban J connectivity index is 1.86. The number of rotatable bonds is 9. The number of hydrogen-bond acceptors (Lipinski definition) is 7. The molecule has 0 saturated heterocycles. The zero-order valence-electron chi connectivity index (χ0n) is 20.1. The summed E-state index contributed by atoms with van der Waals surface area (Å²) in [5, 5.41) is 11.5. The van der Waals surface area contributed by atoms with E-state index in [4.69, 9.17) is 20.4 Å². The van der Waals surface area contributed by atoms with Gasteiger partial charge in [0.2, 0.25) is 11.8 Å². The first-order chi connectivity index (χ1) is 16.8. The smallest absolute Gasteiger partial charge is 0.281 e. The molecule has 0 aromatic heterocycles. The van der Waals surface area contributed by atoms with Crippen molar-refractivity contribution in [2.24, 2.45) is 11.7 Å². The molecule has 0 bridgehead atoms. The summed E-state index contributed by atoms with van der Waals surface area (Å²) in [7, 11) is 1.56. The second kappa shape index (κ2) is 11.7. The van der Waals surface area contributed by atoms with Gasteiger partial charge in [-0.25, -0.2) is 5.48 Å². The molecule has 0 spiro atoms. The minimum absolute atomic E-state index is 0.0548. The van der Waals surface area contributed by atoms with Gasteiger partial charge in [-0.05, 0) is 53.4 Å². The summed E-state index contributed by atoms with van der Waals surface area (Å²) in [6.07, 6.45) is 1.03. The maximum Gasteiger partial charge on any atom is 0.281 e. The number of fused-ring (bicyclic) bond motifs is 1. The molecule has 188 valence electrons. The minimum atomic E-state index is -0.751. The predicted molar refractivity (Wildman–Crippen MR) is 129 cm³/mol. The van der Waals surface area contributed by atoms with Crippen LogP contribution in [0.25, 0.3) is 0 Å². The minimum Gasteiger partial charge on any atom is -0.497 e. The third-order valence-electron chi connectivity index (χ3n) is 6.29. The average molecular weight is 485 g/mol. The number of ether oxygens (including phenoxy) is 2. The number of hydrogen-bond donors (Lipinski definition) is 4. The number of carbonyl (C=O) groups excluding carboxylic acids is 3. The third-order valence-corrected chi connectivity index (χ3v) is 6.29. The first-order valence-corrected chi connectivity index (χ1v) is 11.5. The summed E-state index contributed by atoms with van der Waals surface area (Å²) in [6, 6.07) is 10.7. The number of nitrogens with zero attached hydrogens (tertiary/aromatic N) is 1. The van der Waals surface area contributed by atoms with Crippen LogP contribution in [0, 0.1) is 5.92 Å². The lowest BCUT2D eigenvalue weighted by Gasteiger charge is -2.38. The standard InChI is InChI=1S/C25H32N4O6/c1-4-15(2)23(26)25(32)29-13-17-11-20(35-14-22(30)28-33)8-5-16(17)12-21(29)24(31)27-18-6-9-19(34-3)10-7-18/h5-11,15,21,23,33H,4,12-14,26H2,1-3H3,(H,27,31)(H,28,30)/t15-,21-,23-/m0/s1. The van der Waals surface area contributed by atoms with E-state index in [1.54, 1.807) is 43.5 Å². The molecule has 0 saturated carbocycles. The van der Waals surface area contributed by atoms with Gasteiger partial charge in [0.1, 0.15) is 17.5 Å². The first-order valence-electron chi connectivity index (χ1n) is 11.5. The SMILES string of the molecule is CC[C@H](C)[C@H](N)C(=O)N1Cc2cc(OCC(=O)NO)ccc2C[C@H]1C(=O)Nc1ccc(OC)cc1. The van der Waals surface area contributed by atoms with Crippen molar-refractivity contribution in [2.45, 2.75) is 45.3 Å². The van der Waals surface area contributed by atoms with Gasteiger partial charge in [0.15, 0.2) is 6.61 Å². The number of carbonyl (C=O) groups is 3. The van der Waals surface area contributed by atoms with Crippen molar-refractivity contribution in [3.05, 3.63) is 53.6 Å². The molecule has 0 unspecified atom stereocenters. The fraction of sp³-hybridized carbons (Fsp3) is 0.400. The Bertz CT molecular complexity index is 1060. The van der Waals surface area contributed by atoms with E-state index in [-0.39, 0.29) is 30.9 Å². The Labute approximate surface area is 204 Å². The maximum absolute atomic E-state index is 13.4. The highest BCUT2D eigenvalue weighted by Gasteiger charge is 2.37. The lowest BCUT2D eigenvalue weighted by molar-refractivity contribution is -0.142. The van der Waals surface area contributed by atoms with Gasteiger partial charge in [0.05, 0.1) is 13.2 Å². The molecule has 2 aromatic carbocycles. The number of benzene rings is 2. The van der Waals surface area contributed by atoms with Gasteiger partial charge >= 0.3 is 0 Å². The summed E-state index contributed by atoms with van der Waals surface area (Å²) in [5.41, 5.74) is 10.1. The van der Waals surface area contributed by atoms with Crippen LogP contribution >= 0.6 is 0 Å². The molecule has 3 amide bonds. The Morgan fingerprint density at radius 1 is 1.14 bits per heavy atom. The molecular weight excluding hydrogens is 452 g/mol. The highest BCUT2D eigenvalue weighted by Crippen LogP contribution is 2.29. The van der Waals surface area contributed by atoms with Crippen molar-refractivity contribution < 1.29 is 29.1 Å². The quantitative estimate of drug-likeness (QED) is 0.314. The van der Waals surface area contributed by atoms with Gasteiger partial charge in [-0.1, -0.05) is 26.3 Å². The number of amides is 3. The predicted octanol–water partition coefficient (Wildman–Crippen LogP) is 1.84. The molecule has 10 nitrogen and oxygen atoms in total. The van der Waals surface area contributed by atoms with Crippen LogP contribution < -0.4 is 26.0 Å². The van der Waals surface area contributed by atoms with Crippen LogP contribution in [0.1, 0.15) is 31.4 Å². The van der Waals surface area contributed by atoms with Crippen LogP contribution in [0.2, 0.25) is 0 Å². The Hall–Kier alpha value is -3.63. The fourth-order valence-electron chi connectivity index (χ4n) is 3.89. The van der Waals surface area contributed by atoms with Crippen LogP contribution in [-0.4, -0.2) is 53.6 Å². The van der Waals surface area contributed by atoms with Gasteiger partial charge in [0, 0.05) is 18.7 Å². The van der Waals surface area contributed by atoms with Gasteiger partial charge < -0.3 is 25.4 Å². The van der Waals surface area contributed by atoms with Crippen molar-refractivity contribution in [2.75, 3.05) is 19.0 Å². The highest BCUT2D eigenvalue weighted by molar-refractivity contribution is 5.98. The maximum atomic E-state index is 13.4. The van der Waals surface area contributed by atoms with Gasteiger partial charge in [-0.2, -0.15) is 0 Å². The van der Waals surface area contributed by atoms with Crippen molar-refractivity contribution in [3.63, 3.8) is 0 Å². The molecular formula is C25H32N4O6. The van der Waals surface area contributed by atoms with Crippen LogP contribution in [0.3, 0.4) is 0 Å². The van der Waals surface area contributed by atoms with E-state index in [1.165, 1.54) is 10.4 Å². The topological polar surface area (TPSA) is 143 Å². The highest BCUT2D eigenvalue weighted by atomic mass is 16.5. The number of nitrogens with one attached hydrogen (secondary N) is 2. The van der Waals surface area contributed by atoms with Gasteiger partial charge in [-0.3, -0.25) is 19.6 Å². The monoisotopic (exact) mass is 484 g/mol. The largest absolute Gasteiger partial charge is 0.497 e. The van der Waals surface area contributed by atoms with Crippen LogP contribution in [0.5, 0.6) is 11.5 Å². The average Bonchev–Trinajstić information content (AvgIpc) is 2.89. The van der Waals surface area contributed by atoms with E-state index >= 15 is 0 Å². The van der Waals surface area contributed by atoms with Crippen molar-refractivity contribution in [1.82, 2.24) is 10.4 Å². The van der Waals surface area contributed by atoms with Crippen molar-refractivity contribution in [1.29, 1.82) is 0 Å². The van der Waals surface area contributed by atoms with E-state index < -0.39 is 18.0 Å². The molecule has 1 aliphatic rings.